The number of carboxylic acids is 2. The maximum atomic E-state index is 11.7. The van der Waals surface area contributed by atoms with E-state index in [-0.39, 0.29) is 22.6 Å². The molecule has 1 aliphatic rings. The number of aliphatic carboxylic acids is 2. The third-order valence-corrected chi connectivity index (χ3v) is 3.76. The minimum Gasteiger partial charge on any atom is -0.504 e. The minimum absolute atomic E-state index is 0.0549. The predicted octanol–water partition coefficient (Wildman–Crippen LogP) is 1.80. The fourth-order valence-electron chi connectivity index (χ4n) is 2.77. The van der Waals surface area contributed by atoms with Gasteiger partial charge in [0.15, 0.2) is 11.5 Å². The summed E-state index contributed by atoms with van der Waals surface area (Å²) in [5.74, 6) is -3.36. The number of dihydropyridines is 1. The van der Waals surface area contributed by atoms with Gasteiger partial charge >= 0.3 is 11.9 Å². The molecule has 4 N–H and O–H groups in total. The predicted molar refractivity (Wildman–Crippen MR) is 81.2 cm³/mol. The molecule has 1 heterocycles. The van der Waals surface area contributed by atoms with Gasteiger partial charge in [-0.05, 0) is 31.5 Å². The van der Waals surface area contributed by atoms with Crippen molar-refractivity contribution in [2.75, 3.05) is 7.11 Å². The first-order chi connectivity index (χ1) is 10.8. The summed E-state index contributed by atoms with van der Waals surface area (Å²) < 4.78 is 5.03. The fraction of sp³-hybridized carbons (Fsp3) is 0.250. The van der Waals surface area contributed by atoms with E-state index in [1.54, 1.807) is 13.8 Å². The van der Waals surface area contributed by atoms with E-state index in [0.717, 1.165) is 0 Å². The van der Waals surface area contributed by atoms with Crippen molar-refractivity contribution in [2.45, 2.75) is 19.8 Å². The highest BCUT2D eigenvalue weighted by Crippen LogP contribution is 2.40. The quantitative estimate of drug-likeness (QED) is 0.668. The molecule has 1 aromatic carbocycles. The summed E-state index contributed by atoms with van der Waals surface area (Å²) in [7, 11) is 1.36. The molecule has 2 rings (SSSR count). The van der Waals surface area contributed by atoms with E-state index in [1.807, 2.05) is 0 Å². The number of carbonyl (C=O) groups is 2. The Morgan fingerprint density at radius 1 is 1.09 bits per heavy atom. The second kappa shape index (κ2) is 6.04. The lowest BCUT2D eigenvalue weighted by Crippen LogP contribution is -2.31. The average molecular weight is 319 g/mol. The molecule has 7 nitrogen and oxygen atoms in total. The number of phenolic OH excluding ortho intramolecular Hbond substituents is 1. The highest BCUT2D eigenvalue weighted by molar-refractivity contribution is 5.98. The second-order valence-corrected chi connectivity index (χ2v) is 5.18. The highest BCUT2D eigenvalue weighted by atomic mass is 16.5. The molecule has 0 bridgehead atoms. The number of benzene rings is 1. The van der Waals surface area contributed by atoms with Crippen LogP contribution in [0.15, 0.2) is 40.7 Å². The molecule has 0 fully saturated rings. The Balaban J connectivity index is 2.72. The zero-order valence-corrected chi connectivity index (χ0v) is 12.9. The lowest BCUT2D eigenvalue weighted by Gasteiger charge is -2.29. The first-order valence-electron chi connectivity index (χ1n) is 6.80. The van der Waals surface area contributed by atoms with Crippen LogP contribution in [0.3, 0.4) is 0 Å². The maximum Gasteiger partial charge on any atom is 0.334 e. The van der Waals surface area contributed by atoms with E-state index >= 15 is 0 Å². The van der Waals surface area contributed by atoms with Gasteiger partial charge in [-0.1, -0.05) is 6.07 Å². The Bertz CT molecular complexity index is 711. The Hall–Kier alpha value is -2.96. The number of rotatable bonds is 4. The molecule has 23 heavy (non-hydrogen) atoms. The number of nitrogens with one attached hydrogen (secondary N) is 1. The van der Waals surface area contributed by atoms with Crippen LogP contribution in [-0.2, 0) is 9.59 Å². The maximum absolute atomic E-state index is 11.7. The lowest BCUT2D eigenvalue weighted by molar-refractivity contribution is -0.133. The van der Waals surface area contributed by atoms with Gasteiger partial charge < -0.3 is 25.4 Å². The van der Waals surface area contributed by atoms with Crippen molar-refractivity contribution < 1.29 is 29.6 Å². The summed E-state index contributed by atoms with van der Waals surface area (Å²) in [6.07, 6.45) is 0. The van der Waals surface area contributed by atoms with Crippen LogP contribution in [0.25, 0.3) is 0 Å². The van der Waals surface area contributed by atoms with E-state index in [4.69, 9.17) is 4.74 Å². The standard InChI is InChI=1S/C16H17NO6/c1-7-12(15(19)20)14(13(16(21)22)8(2)17-7)9-4-5-10(18)11(6-9)23-3/h4-6,14,17-18H,1-3H3,(H,19,20)(H,21,22). The summed E-state index contributed by atoms with van der Waals surface area (Å²) in [6, 6.07) is 4.28. The molecule has 0 unspecified atom stereocenters. The Labute approximate surface area is 132 Å². The largest absolute Gasteiger partial charge is 0.504 e. The Kier molecular flexibility index (Phi) is 4.31. The topological polar surface area (TPSA) is 116 Å². The summed E-state index contributed by atoms with van der Waals surface area (Å²) in [5, 5.41) is 31.5. The SMILES string of the molecule is COc1cc(C2C(C(=O)O)=C(C)NC(C)=C2C(=O)O)ccc1O. The lowest BCUT2D eigenvalue weighted by atomic mass is 9.80. The molecule has 0 aromatic heterocycles. The van der Waals surface area contributed by atoms with Gasteiger partial charge in [0.25, 0.3) is 0 Å². The molecule has 0 radical (unpaired) electrons. The van der Waals surface area contributed by atoms with Crippen LogP contribution < -0.4 is 10.1 Å². The third kappa shape index (κ3) is 2.85. The van der Waals surface area contributed by atoms with E-state index in [1.165, 1.54) is 25.3 Å². The van der Waals surface area contributed by atoms with Crippen molar-refractivity contribution in [1.29, 1.82) is 0 Å². The summed E-state index contributed by atoms with van der Waals surface area (Å²) >= 11 is 0. The number of methoxy groups -OCH3 is 1. The zero-order chi connectivity index (χ0) is 17.3. The number of allylic oxidation sites excluding steroid dienone is 2. The monoisotopic (exact) mass is 319 g/mol. The Morgan fingerprint density at radius 3 is 2.04 bits per heavy atom. The van der Waals surface area contributed by atoms with Crippen LogP contribution in [0, 0.1) is 0 Å². The number of carboxylic acid groups (broad SMARTS) is 2. The van der Waals surface area contributed by atoms with Gasteiger partial charge in [0.2, 0.25) is 0 Å². The van der Waals surface area contributed by atoms with Gasteiger partial charge in [-0.2, -0.15) is 0 Å². The van der Waals surface area contributed by atoms with Crippen molar-refractivity contribution >= 4 is 11.9 Å². The number of phenols is 1. The van der Waals surface area contributed by atoms with Crippen LogP contribution in [-0.4, -0.2) is 34.4 Å². The van der Waals surface area contributed by atoms with E-state index in [0.29, 0.717) is 17.0 Å². The number of aromatic hydroxyl groups is 1. The van der Waals surface area contributed by atoms with Gasteiger partial charge in [0, 0.05) is 11.4 Å². The molecule has 0 aliphatic carbocycles. The average Bonchev–Trinajstić information content (AvgIpc) is 2.45. The van der Waals surface area contributed by atoms with Gasteiger partial charge in [-0.25, -0.2) is 9.59 Å². The second-order valence-electron chi connectivity index (χ2n) is 5.18. The van der Waals surface area contributed by atoms with Crippen LogP contribution in [0.5, 0.6) is 11.5 Å². The molecule has 0 atom stereocenters. The van der Waals surface area contributed by atoms with Crippen molar-refractivity contribution in [1.82, 2.24) is 5.32 Å². The van der Waals surface area contributed by atoms with E-state index < -0.39 is 17.9 Å². The molecule has 0 spiro atoms. The van der Waals surface area contributed by atoms with E-state index in [2.05, 4.69) is 5.32 Å². The first-order valence-corrected chi connectivity index (χ1v) is 6.80. The van der Waals surface area contributed by atoms with Crippen LogP contribution in [0.2, 0.25) is 0 Å². The zero-order valence-electron chi connectivity index (χ0n) is 12.9. The fourth-order valence-corrected chi connectivity index (χ4v) is 2.77. The molecule has 122 valence electrons. The Morgan fingerprint density at radius 2 is 1.61 bits per heavy atom. The molecular formula is C16H17NO6. The molecule has 1 aromatic rings. The third-order valence-electron chi connectivity index (χ3n) is 3.76. The molecule has 0 amide bonds. The van der Waals surface area contributed by atoms with Crippen LogP contribution >= 0.6 is 0 Å². The molecule has 0 saturated carbocycles. The molecule has 0 saturated heterocycles. The smallest absolute Gasteiger partial charge is 0.334 e. The minimum atomic E-state index is -1.21. The van der Waals surface area contributed by atoms with Gasteiger partial charge in [0.05, 0.1) is 24.2 Å². The van der Waals surface area contributed by atoms with E-state index in [9.17, 15) is 24.9 Å². The highest BCUT2D eigenvalue weighted by Gasteiger charge is 2.36. The molecule has 1 aliphatic heterocycles. The van der Waals surface area contributed by atoms with Gasteiger partial charge in [-0.3, -0.25) is 0 Å². The van der Waals surface area contributed by atoms with Crippen LogP contribution in [0.4, 0.5) is 0 Å². The van der Waals surface area contributed by atoms with Crippen molar-refractivity contribution in [3.63, 3.8) is 0 Å². The number of hydrogen-bond donors (Lipinski definition) is 4. The first kappa shape index (κ1) is 16.4. The van der Waals surface area contributed by atoms with Crippen LogP contribution in [0.1, 0.15) is 25.3 Å². The van der Waals surface area contributed by atoms with Crippen molar-refractivity contribution in [3.05, 3.63) is 46.3 Å². The van der Waals surface area contributed by atoms with Gasteiger partial charge in [-0.15, -0.1) is 0 Å². The number of ether oxygens (including phenoxy) is 1. The van der Waals surface area contributed by atoms with Crippen molar-refractivity contribution in [2.24, 2.45) is 0 Å². The summed E-state index contributed by atoms with van der Waals surface area (Å²) in [4.78, 5) is 23.3. The number of hydrogen-bond acceptors (Lipinski definition) is 5. The molecular weight excluding hydrogens is 302 g/mol. The normalized spacial score (nSPS) is 15.4. The van der Waals surface area contributed by atoms with Gasteiger partial charge in [0.1, 0.15) is 0 Å². The van der Waals surface area contributed by atoms with Crippen molar-refractivity contribution in [3.8, 4) is 11.5 Å². The summed E-state index contributed by atoms with van der Waals surface area (Å²) in [6.45, 7) is 3.16. The summed E-state index contributed by atoms with van der Waals surface area (Å²) in [5.41, 5.74) is 1.05. The molecule has 7 heteroatoms.